The summed E-state index contributed by atoms with van der Waals surface area (Å²) in [6.07, 6.45) is 0.701. The van der Waals surface area contributed by atoms with Crippen LogP contribution in [0.4, 0.5) is 5.69 Å². The molecular formula is C11H17N3O5. The Morgan fingerprint density at radius 3 is 2.53 bits per heavy atom. The van der Waals surface area contributed by atoms with Crippen molar-refractivity contribution in [3.63, 3.8) is 0 Å². The minimum absolute atomic E-state index is 0.0904. The minimum atomic E-state index is -1.13. The van der Waals surface area contributed by atoms with Crippen molar-refractivity contribution in [1.82, 2.24) is 9.78 Å². The van der Waals surface area contributed by atoms with Crippen molar-refractivity contribution in [1.29, 1.82) is 0 Å². The van der Waals surface area contributed by atoms with Gasteiger partial charge < -0.3 is 9.84 Å². The average Bonchev–Trinajstić information content (AvgIpc) is 2.73. The fourth-order valence-electron chi connectivity index (χ4n) is 1.95. The highest BCUT2D eigenvalue weighted by Crippen LogP contribution is 2.27. The van der Waals surface area contributed by atoms with E-state index < -0.39 is 16.9 Å². The Labute approximate surface area is 110 Å². The van der Waals surface area contributed by atoms with Gasteiger partial charge in [-0.15, -0.1) is 0 Å². The van der Waals surface area contributed by atoms with Crippen molar-refractivity contribution in [2.45, 2.75) is 32.7 Å². The number of hydrogen-bond donors (Lipinski definition) is 1. The van der Waals surface area contributed by atoms with Gasteiger partial charge in [-0.25, -0.2) is 9.48 Å². The first kappa shape index (κ1) is 15.1. The number of rotatable bonds is 7. The second-order valence-corrected chi connectivity index (χ2v) is 3.96. The molecule has 0 aliphatic carbocycles. The predicted octanol–water partition coefficient (Wildman–Crippen LogP) is 1.19. The Bertz CT molecular complexity index is 483. The summed E-state index contributed by atoms with van der Waals surface area (Å²) in [7, 11) is 1.38. The lowest BCUT2D eigenvalue weighted by Crippen LogP contribution is -2.26. The summed E-state index contributed by atoms with van der Waals surface area (Å²) in [5.74, 6) is -1.13. The summed E-state index contributed by atoms with van der Waals surface area (Å²) in [4.78, 5) is 21.8. The molecule has 0 radical (unpaired) electrons. The molecule has 0 saturated heterocycles. The van der Waals surface area contributed by atoms with Crippen LogP contribution >= 0.6 is 0 Å². The molecule has 0 aliphatic rings. The Hall–Kier alpha value is -1.96. The number of nitro groups is 1. The summed E-state index contributed by atoms with van der Waals surface area (Å²) in [5.41, 5.74) is 0.517. The van der Waals surface area contributed by atoms with Crippen molar-refractivity contribution in [2.24, 2.45) is 0 Å². The number of aromatic nitrogens is 2. The molecule has 1 rings (SSSR count). The number of methoxy groups -OCH3 is 1. The minimum Gasteiger partial charge on any atom is -0.480 e. The van der Waals surface area contributed by atoms with Crippen LogP contribution in [0.25, 0.3) is 0 Å². The van der Waals surface area contributed by atoms with Gasteiger partial charge in [-0.2, -0.15) is 5.10 Å². The molecule has 0 aliphatic heterocycles. The third-order valence-corrected chi connectivity index (χ3v) is 2.81. The highest BCUT2D eigenvalue weighted by atomic mass is 16.6. The van der Waals surface area contributed by atoms with Gasteiger partial charge in [0, 0.05) is 7.11 Å². The Morgan fingerprint density at radius 2 is 2.16 bits per heavy atom. The van der Waals surface area contributed by atoms with E-state index in [1.807, 2.05) is 0 Å². The summed E-state index contributed by atoms with van der Waals surface area (Å²) in [6, 6.07) is -1.06. The van der Waals surface area contributed by atoms with Crippen LogP contribution in [-0.2, 0) is 22.4 Å². The molecule has 1 atom stereocenters. The van der Waals surface area contributed by atoms with E-state index in [0.29, 0.717) is 24.2 Å². The van der Waals surface area contributed by atoms with Gasteiger partial charge in [0.1, 0.15) is 11.4 Å². The van der Waals surface area contributed by atoms with Crippen molar-refractivity contribution in [2.75, 3.05) is 13.7 Å². The van der Waals surface area contributed by atoms with Gasteiger partial charge in [0.25, 0.3) is 0 Å². The number of ether oxygens (including phenoxy) is 1. The molecular weight excluding hydrogens is 254 g/mol. The molecule has 8 nitrogen and oxygen atoms in total. The molecule has 1 unspecified atom stereocenters. The van der Waals surface area contributed by atoms with Crippen molar-refractivity contribution < 1.29 is 19.6 Å². The Kier molecular flexibility index (Phi) is 4.99. The van der Waals surface area contributed by atoms with Crippen molar-refractivity contribution in [3.8, 4) is 0 Å². The lowest BCUT2D eigenvalue weighted by atomic mass is 10.2. The van der Waals surface area contributed by atoms with Crippen LogP contribution in [0, 0.1) is 10.1 Å². The first-order chi connectivity index (χ1) is 8.97. The molecule has 1 heterocycles. The highest BCUT2D eigenvalue weighted by molar-refractivity contribution is 5.72. The number of carbonyl (C=O) groups is 1. The van der Waals surface area contributed by atoms with E-state index >= 15 is 0 Å². The van der Waals surface area contributed by atoms with E-state index in [0.717, 1.165) is 0 Å². The number of hydrogen-bond acceptors (Lipinski definition) is 5. The highest BCUT2D eigenvalue weighted by Gasteiger charge is 2.31. The molecule has 0 aromatic carbocycles. The van der Waals surface area contributed by atoms with Crippen LogP contribution in [0.3, 0.4) is 0 Å². The fourth-order valence-corrected chi connectivity index (χ4v) is 1.95. The molecule has 8 heteroatoms. The van der Waals surface area contributed by atoms with Crippen molar-refractivity contribution in [3.05, 3.63) is 21.5 Å². The third-order valence-electron chi connectivity index (χ3n) is 2.81. The number of aryl methyl sites for hydroxylation is 1. The largest absolute Gasteiger partial charge is 0.480 e. The van der Waals surface area contributed by atoms with E-state index in [1.165, 1.54) is 11.8 Å². The zero-order valence-corrected chi connectivity index (χ0v) is 11.1. The zero-order chi connectivity index (χ0) is 14.6. The van der Waals surface area contributed by atoms with E-state index in [-0.39, 0.29) is 12.3 Å². The Morgan fingerprint density at radius 1 is 1.53 bits per heavy atom. The van der Waals surface area contributed by atoms with Gasteiger partial charge in [-0.3, -0.25) is 10.1 Å². The van der Waals surface area contributed by atoms with E-state index in [1.54, 1.807) is 13.8 Å². The molecule has 1 aromatic heterocycles. The monoisotopic (exact) mass is 271 g/mol. The standard InChI is InChI=1S/C11H17N3O5/c1-4-7-10(14(17)18)8(5-2)13(12-7)9(6-19-3)11(15)16/h9H,4-6H2,1-3H3,(H,15,16). The van der Waals surface area contributed by atoms with Crippen LogP contribution in [0.5, 0.6) is 0 Å². The maximum atomic E-state index is 11.2. The number of nitrogens with zero attached hydrogens (tertiary/aromatic N) is 3. The van der Waals surface area contributed by atoms with Gasteiger partial charge in [-0.1, -0.05) is 13.8 Å². The molecule has 0 amide bonds. The molecule has 106 valence electrons. The number of carboxylic acid groups (broad SMARTS) is 1. The summed E-state index contributed by atoms with van der Waals surface area (Å²) >= 11 is 0. The quantitative estimate of drug-likeness (QED) is 0.589. The van der Waals surface area contributed by atoms with Crippen LogP contribution < -0.4 is 0 Å². The van der Waals surface area contributed by atoms with Gasteiger partial charge in [0.15, 0.2) is 6.04 Å². The SMILES string of the molecule is CCc1nn(C(COC)C(=O)O)c(CC)c1[N+](=O)[O-]. The topological polar surface area (TPSA) is 107 Å². The molecule has 1 aromatic rings. The van der Waals surface area contributed by atoms with Gasteiger partial charge >= 0.3 is 11.7 Å². The molecule has 1 N–H and O–H groups in total. The second kappa shape index (κ2) is 6.28. The van der Waals surface area contributed by atoms with E-state index in [9.17, 15) is 20.0 Å². The Balaban J connectivity index is 3.41. The maximum absolute atomic E-state index is 11.2. The normalized spacial score (nSPS) is 12.4. The summed E-state index contributed by atoms with van der Waals surface area (Å²) in [6.45, 7) is 3.38. The first-order valence-electron chi connectivity index (χ1n) is 5.94. The van der Waals surface area contributed by atoms with Gasteiger partial charge in [-0.05, 0) is 12.8 Å². The van der Waals surface area contributed by atoms with E-state index in [2.05, 4.69) is 5.10 Å². The maximum Gasteiger partial charge on any atom is 0.330 e. The lowest BCUT2D eigenvalue weighted by molar-refractivity contribution is -0.386. The fraction of sp³-hybridized carbons (Fsp3) is 0.636. The van der Waals surface area contributed by atoms with Crippen LogP contribution in [0.1, 0.15) is 31.3 Å². The molecule has 0 saturated carbocycles. The predicted molar refractivity (Wildman–Crippen MR) is 66.2 cm³/mol. The second-order valence-electron chi connectivity index (χ2n) is 3.96. The van der Waals surface area contributed by atoms with E-state index in [4.69, 9.17) is 4.74 Å². The number of carboxylic acids is 1. The molecule has 0 fully saturated rings. The first-order valence-corrected chi connectivity index (χ1v) is 5.94. The van der Waals surface area contributed by atoms with Crippen LogP contribution in [0.15, 0.2) is 0 Å². The smallest absolute Gasteiger partial charge is 0.330 e. The van der Waals surface area contributed by atoms with Gasteiger partial charge in [0.2, 0.25) is 0 Å². The van der Waals surface area contributed by atoms with Crippen LogP contribution in [-0.4, -0.2) is 39.5 Å². The lowest BCUT2D eigenvalue weighted by Gasteiger charge is -2.13. The van der Waals surface area contributed by atoms with Crippen molar-refractivity contribution >= 4 is 11.7 Å². The van der Waals surface area contributed by atoms with Crippen LogP contribution in [0.2, 0.25) is 0 Å². The van der Waals surface area contributed by atoms with Gasteiger partial charge in [0.05, 0.1) is 11.5 Å². The molecule has 0 bridgehead atoms. The summed E-state index contributed by atoms with van der Waals surface area (Å²) < 4.78 is 6.05. The summed E-state index contributed by atoms with van der Waals surface area (Å²) in [5, 5.41) is 24.4. The zero-order valence-electron chi connectivity index (χ0n) is 11.1. The number of aliphatic carboxylic acids is 1. The average molecular weight is 271 g/mol. The third kappa shape index (κ3) is 2.90. The molecule has 0 spiro atoms. The molecule has 19 heavy (non-hydrogen) atoms.